The Morgan fingerprint density at radius 2 is 1.67 bits per heavy atom. The minimum absolute atomic E-state index is 0.162. The standard InChI is InChI=1S/C22H28O5/c1-14(2)27-21(22(23)24)12-17-6-7-19(25-5)20(11-17)26-13-18-9-15(3)8-16(4)10-18/h6-11,14,21H,12-13H2,1-5H3,(H,23,24). The number of aryl methyl sites for hydroxylation is 2. The summed E-state index contributed by atoms with van der Waals surface area (Å²) in [5.41, 5.74) is 4.26. The van der Waals surface area contributed by atoms with Gasteiger partial charge in [-0.15, -0.1) is 0 Å². The van der Waals surface area contributed by atoms with Crippen LogP contribution in [0.25, 0.3) is 0 Å². The van der Waals surface area contributed by atoms with Crippen LogP contribution in [0.1, 0.15) is 36.1 Å². The molecule has 2 aromatic carbocycles. The lowest BCUT2D eigenvalue weighted by Gasteiger charge is -2.18. The molecule has 5 nitrogen and oxygen atoms in total. The quantitative estimate of drug-likeness (QED) is 0.710. The molecule has 0 aliphatic rings. The Bertz CT molecular complexity index is 762. The highest BCUT2D eigenvalue weighted by Gasteiger charge is 2.21. The van der Waals surface area contributed by atoms with Crippen molar-refractivity contribution in [3.05, 3.63) is 58.7 Å². The molecule has 0 fully saturated rings. The van der Waals surface area contributed by atoms with Crippen LogP contribution in [-0.2, 0) is 22.6 Å². The van der Waals surface area contributed by atoms with E-state index in [0.29, 0.717) is 18.1 Å². The summed E-state index contributed by atoms with van der Waals surface area (Å²) in [7, 11) is 1.58. The molecule has 0 radical (unpaired) electrons. The molecular weight excluding hydrogens is 344 g/mol. The maximum Gasteiger partial charge on any atom is 0.333 e. The van der Waals surface area contributed by atoms with Crippen molar-refractivity contribution in [2.24, 2.45) is 0 Å². The number of hydrogen-bond donors (Lipinski definition) is 1. The Labute approximate surface area is 160 Å². The molecule has 146 valence electrons. The van der Waals surface area contributed by atoms with Crippen molar-refractivity contribution in [2.45, 2.75) is 52.9 Å². The summed E-state index contributed by atoms with van der Waals surface area (Å²) in [5, 5.41) is 9.38. The van der Waals surface area contributed by atoms with Crippen molar-refractivity contribution in [2.75, 3.05) is 7.11 Å². The van der Waals surface area contributed by atoms with Gasteiger partial charge in [-0.25, -0.2) is 4.79 Å². The van der Waals surface area contributed by atoms with Crippen LogP contribution in [0, 0.1) is 13.8 Å². The lowest BCUT2D eigenvalue weighted by molar-refractivity contribution is -0.153. The number of methoxy groups -OCH3 is 1. The lowest BCUT2D eigenvalue weighted by atomic mass is 10.1. The van der Waals surface area contributed by atoms with Gasteiger partial charge in [0.2, 0.25) is 0 Å². The van der Waals surface area contributed by atoms with E-state index >= 15 is 0 Å². The molecule has 0 heterocycles. The molecule has 0 aromatic heterocycles. The predicted molar refractivity (Wildman–Crippen MR) is 105 cm³/mol. The van der Waals surface area contributed by atoms with Crippen molar-refractivity contribution in [3.63, 3.8) is 0 Å². The van der Waals surface area contributed by atoms with Crippen LogP contribution in [0.5, 0.6) is 11.5 Å². The lowest BCUT2D eigenvalue weighted by Crippen LogP contribution is -2.29. The van der Waals surface area contributed by atoms with Gasteiger partial charge in [-0.05, 0) is 51.0 Å². The van der Waals surface area contributed by atoms with E-state index in [1.807, 2.05) is 26.0 Å². The van der Waals surface area contributed by atoms with Gasteiger partial charge in [-0.2, -0.15) is 0 Å². The molecule has 1 unspecified atom stereocenters. The molecule has 0 bridgehead atoms. The molecule has 0 saturated carbocycles. The Morgan fingerprint density at radius 3 is 2.22 bits per heavy atom. The summed E-state index contributed by atoms with van der Waals surface area (Å²) in [6.07, 6.45) is -0.799. The maximum atomic E-state index is 11.4. The van der Waals surface area contributed by atoms with Gasteiger partial charge < -0.3 is 19.3 Å². The SMILES string of the molecule is COc1ccc(CC(OC(C)C)C(=O)O)cc1OCc1cc(C)cc(C)c1. The van der Waals surface area contributed by atoms with Gasteiger partial charge >= 0.3 is 5.97 Å². The summed E-state index contributed by atoms with van der Waals surface area (Å²) < 4.78 is 16.9. The van der Waals surface area contributed by atoms with Gasteiger partial charge in [0, 0.05) is 6.42 Å². The van der Waals surface area contributed by atoms with Gasteiger partial charge in [0.15, 0.2) is 17.6 Å². The number of benzene rings is 2. The first-order valence-corrected chi connectivity index (χ1v) is 9.03. The maximum absolute atomic E-state index is 11.4. The third kappa shape index (κ3) is 6.29. The molecular formula is C22H28O5. The molecule has 0 aliphatic carbocycles. The zero-order valence-electron chi connectivity index (χ0n) is 16.6. The van der Waals surface area contributed by atoms with Crippen LogP contribution < -0.4 is 9.47 Å². The number of ether oxygens (including phenoxy) is 3. The van der Waals surface area contributed by atoms with Crippen molar-refractivity contribution < 1.29 is 24.1 Å². The predicted octanol–water partition coefficient (Wildman–Crippen LogP) is 4.31. The average molecular weight is 372 g/mol. The number of hydrogen-bond acceptors (Lipinski definition) is 4. The fraction of sp³-hybridized carbons (Fsp3) is 0.409. The van der Waals surface area contributed by atoms with E-state index in [1.165, 1.54) is 11.1 Å². The van der Waals surface area contributed by atoms with Gasteiger partial charge in [-0.3, -0.25) is 0 Å². The Balaban J connectivity index is 2.17. The minimum atomic E-state index is -0.975. The molecule has 0 saturated heterocycles. The molecule has 1 N–H and O–H groups in total. The first-order chi connectivity index (χ1) is 12.8. The van der Waals surface area contributed by atoms with Crippen LogP contribution in [0.2, 0.25) is 0 Å². The summed E-state index contributed by atoms with van der Waals surface area (Å²) in [6, 6.07) is 11.7. The van der Waals surface area contributed by atoms with E-state index in [9.17, 15) is 9.90 Å². The number of aliphatic carboxylic acids is 1. The molecule has 1 atom stereocenters. The fourth-order valence-electron chi connectivity index (χ4n) is 3.01. The second-order valence-electron chi connectivity index (χ2n) is 6.99. The highest BCUT2D eigenvalue weighted by atomic mass is 16.5. The number of carbonyl (C=O) groups is 1. The van der Waals surface area contributed by atoms with Crippen LogP contribution in [0.3, 0.4) is 0 Å². The van der Waals surface area contributed by atoms with Gasteiger partial charge in [-0.1, -0.05) is 35.4 Å². The van der Waals surface area contributed by atoms with Gasteiger partial charge in [0.05, 0.1) is 13.2 Å². The van der Waals surface area contributed by atoms with E-state index in [1.54, 1.807) is 13.2 Å². The van der Waals surface area contributed by atoms with E-state index in [0.717, 1.165) is 11.1 Å². The van der Waals surface area contributed by atoms with Crippen LogP contribution in [0.15, 0.2) is 36.4 Å². The summed E-state index contributed by atoms with van der Waals surface area (Å²) in [6.45, 7) is 8.16. The third-order valence-electron chi connectivity index (χ3n) is 4.04. The molecule has 27 heavy (non-hydrogen) atoms. The number of carboxylic acid groups (broad SMARTS) is 1. The van der Waals surface area contributed by atoms with Crippen LogP contribution in [-0.4, -0.2) is 30.4 Å². The summed E-state index contributed by atoms with van der Waals surface area (Å²) in [5.74, 6) is 0.222. The third-order valence-corrected chi connectivity index (χ3v) is 4.04. The first kappa shape index (κ1) is 20.8. The van der Waals surface area contributed by atoms with Crippen LogP contribution >= 0.6 is 0 Å². The van der Waals surface area contributed by atoms with E-state index in [2.05, 4.69) is 32.0 Å². The summed E-state index contributed by atoms with van der Waals surface area (Å²) in [4.78, 5) is 11.4. The zero-order valence-corrected chi connectivity index (χ0v) is 16.6. The van der Waals surface area contributed by atoms with Crippen molar-refractivity contribution in [1.29, 1.82) is 0 Å². The Hall–Kier alpha value is -2.53. The number of rotatable bonds is 9. The van der Waals surface area contributed by atoms with Crippen molar-refractivity contribution in [1.82, 2.24) is 0 Å². The van der Waals surface area contributed by atoms with E-state index in [4.69, 9.17) is 14.2 Å². The van der Waals surface area contributed by atoms with Crippen LogP contribution in [0.4, 0.5) is 0 Å². The summed E-state index contributed by atoms with van der Waals surface area (Å²) >= 11 is 0. The van der Waals surface area contributed by atoms with E-state index < -0.39 is 12.1 Å². The molecule has 0 spiro atoms. The normalized spacial score (nSPS) is 12.1. The second kappa shape index (κ2) is 9.42. The highest BCUT2D eigenvalue weighted by molar-refractivity contribution is 5.72. The van der Waals surface area contributed by atoms with Crippen molar-refractivity contribution in [3.8, 4) is 11.5 Å². The van der Waals surface area contributed by atoms with Crippen molar-refractivity contribution >= 4 is 5.97 Å². The highest BCUT2D eigenvalue weighted by Crippen LogP contribution is 2.30. The molecule has 2 aromatic rings. The topological polar surface area (TPSA) is 65.0 Å². The first-order valence-electron chi connectivity index (χ1n) is 9.03. The zero-order chi connectivity index (χ0) is 20.0. The van der Waals surface area contributed by atoms with Gasteiger partial charge in [0.1, 0.15) is 6.61 Å². The smallest absolute Gasteiger partial charge is 0.333 e. The molecule has 2 rings (SSSR count). The molecule has 0 aliphatic heterocycles. The number of carboxylic acids is 1. The Morgan fingerprint density at radius 1 is 1.00 bits per heavy atom. The second-order valence-corrected chi connectivity index (χ2v) is 6.99. The average Bonchev–Trinajstić information content (AvgIpc) is 2.58. The molecule has 0 amide bonds. The monoisotopic (exact) mass is 372 g/mol. The fourth-order valence-corrected chi connectivity index (χ4v) is 3.01. The van der Waals surface area contributed by atoms with E-state index in [-0.39, 0.29) is 12.5 Å². The minimum Gasteiger partial charge on any atom is -0.493 e. The van der Waals surface area contributed by atoms with Gasteiger partial charge in [0.25, 0.3) is 0 Å². The Kier molecular flexibility index (Phi) is 7.25. The largest absolute Gasteiger partial charge is 0.493 e. The molecule has 5 heteroatoms.